The Kier molecular flexibility index (Phi) is 3.57. The third-order valence-electron chi connectivity index (χ3n) is 1.07. The monoisotopic (exact) mass is 117 g/mol. The van der Waals surface area contributed by atoms with Gasteiger partial charge in [-0.2, -0.15) is 11.6 Å². The van der Waals surface area contributed by atoms with Crippen LogP contribution < -0.4 is 0 Å². The molecule has 0 rings (SSSR count). The molecule has 0 atom stereocenters. The van der Waals surface area contributed by atoms with E-state index in [2.05, 4.69) is 32.0 Å². The molecule has 0 aliphatic carbocycles. The lowest BCUT2D eigenvalue weighted by Gasteiger charge is -2.11. The zero-order valence-electron chi connectivity index (χ0n) is 5.43. The van der Waals surface area contributed by atoms with Crippen molar-refractivity contribution < 1.29 is 0 Å². The van der Waals surface area contributed by atoms with Gasteiger partial charge in [0, 0.05) is 0 Å². The van der Waals surface area contributed by atoms with Crippen molar-refractivity contribution in [1.82, 2.24) is 4.81 Å². The normalized spacial score (nSPS) is 9.86. The molecule has 3 heteroatoms. The van der Waals surface area contributed by atoms with E-state index in [0.29, 0.717) is 6.13 Å². The maximum atomic E-state index is 2.19. The van der Waals surface area contributed by atoms with Crippen molar-refractivity contribution in [1.29, 1.82) is 0 Å². The Morgan fingerprint density at radius 1 is 1.43 bits per heavy atom. The lowest BCUT2D eigenvalue weighted by atomic mass is 9.96. The van der Waals surface area contributed by atoms with Gasteiger partial charge in [0.2, 0.25) is 0 Å². The summed E-state index contributed by atoms with van der Waals surface area (Å²) in [5, 5.41) is 0. The molecular formula is C4H12BNS. The summed E-state index contributed by atoms with van der Waals surface area (Å²) in [6, 6.07) is 0. The molecule has 42 valence electrons. The molecule has 1 nitrogen and oxygen atoms in total. The van der Waals surface area contributed by atoms with Crippen LogP contribution in [-0.4, -0.2) is 31.3 Å². The summed E-state index contributed by atoms with van der Waals surface area (Å²) in [4.78, 5) is 2.19. The van der Waals surface area contributed by atoms with E-state index in [1.54, 1.807) is 0 Å². The molecule has 0 amide bonds. The number of hydrogen-bond acceptors (Lipinski definition) is 2. The minimum absolute atomic E-state index is 0.653. The van der Waals surface area contributed by atoms with Gasteiger partial charge in [0.15, 0.2) is 0 Å². The van der Waals surface area contributed by atoms with E-state index in [1.165, 1.54) is 0 Å². The first-order valence-electron chi connectivity index (χ1n) is 2.37. The largest absolute Gasteiger partial charge is 0.338 e. The molecule has 0 N–H and O–H groups in total. The fourth-order valence-electron chi connectivity index (χ4n) is 0.211. The molecule has 0 aromatic heterocycles. The van der Waals surface area contributed by atoms with Crippen molar-refractivity contribution in [3.8, 4) is 0 Å². The van der Waals surface area contributed by atoms with Gasteiger partial charge in [-0.15, -0.1) is 0 Å². The third-order valence-corrected chi connectivity index (χ3v) is 2.17. The standard InChI is InChI=1S/C4H12BNS/c1-5(7-4)6(2)3/h1-4H3. The van der Waals surface area contributed by atoms with Crippen LogP contribution >= 0.6 is 11.6 Å². The van der Waals surface area contributed by atoms with Gasteiger partial charge in [-0.25, -0.2) is 0 Å². The topological polar surface area (TPSA) is 3.24 Å². The van der Waals surface area contributed by atoms with Crippen molar-refractivity contribution >= 4 is 17.7 Å². The van der Waals surface area contributed by atoms with Gasteiger partial charge in [-0.05, 0) is 20.4 Å². The van der Waals surface area contributed by atoms with E-state index in [0.717, 1.165) is 0 Å². The molecule has 7 heavy (non-hydrogen) atoms. The van der Waals surface area contributed by atoms with Crippen LogP contribution in [0.2, 0.25) is 6.82 Å². The highest BCUT2D eigenvalue weighted by atomic mass is 32.2. The van der Waals surface area contributed by atoms with Gasteiger partial charge in [-0.1, -0.05) is 6.82 Å². The second kappa shape index (κ2) is 3.39. The molecule has 0 aromatic rings. The molecule has 0 aromatic carbocycles. The molecule has 0 unspecified atom stereocenters. The van der Waals surface area contributed by atoms with Crippen molar-refractivity contribution in [2.75, 3.05) is 20.4 Å². The van der Waals surface area contributed by atoms with Gasteiger partial charge in [0.25, 0.3) is 6.13 Å². The van der Waals surface area contributed by atoms with Gasteiger partial charge >= 0.3 is 0 Å². The molecule has 0 spiro atoms. The smallest absolute Gasteiger partial charge is 0.287 e. The Hall–Kier alpha value is 0.375. The van der Waals surface area contributed by atoms with Gasteiger partial charge in [0.1, 0.15) is 0 Å². The highest BCUT2D eigenvalue weighted by Crippen LogP contribution is 2.00. The summed E-state index contributed by atoms with van der Waals surface area (Å²) < 4.78 is 0. The van der Waals surface area contributed by atoms with Crippen LogP contribution in [0.4, 0.5) is 0 Å². The Labute approximate surface area is 50.5 Å². The molecule has 0 bridgehead atoms. The van der Waals surface area contributed by atoms with E-state index in [-0.39, 0.29) is 0 Å². The first kappa shape index (κ1) is 7.37. The highest BCUT2D eigenvalue weighted by Gasteiger charge is 2.04. The fourth-order valence-corrected chi connectivity index (χ4v) is 0.632. The predicted molar refractivity (Wildman–Crippen MR) is 38.8 cm³/mol. The lowest BCUT2D eigenvalue weighted by molar-refractivity contribution is 0.660. The van der Waals surface area contributed by atoms with E-state index in [4.69, 9.17) is 0 Å². The first-order chi connectivity index (χ1) is 3.18. The number of rotatable bonds is 2. The Bertz CT molecular complexity index is 49.0. The van der Waals surface area contributed by atoms with Crippen LogP contribution in [-0.2, 0) is 0 Å². The molecular weight excluding hydrogens is 105 g/mol. The second-order valence-corrected chi connectivity index (χ2v) is 2.95. The minimum atomic E-state index is 0.653. The average molecular weight is 117 g/mol. The molecule has 0 saturated carbocycles. The maximum Gasteiger partial charge on any atom is 0.287 e. The second-order valence-electron chi connectivity index (χ2n) is 1.80. The van der Waals surface area contributed by atoms with Crippen molar-refractivity contribution in [2.24, 2.45) is 0 Å². The van der Waals surface area contributed by atoms with Crippen molar-refractivity contribution in [2.45, 2.75) is 6.82 Å². The molecule has 0 aliphatic rings. The Morgan fingerprint density at radius 2 is 1.86 bits per heavy atom. The summed E-state index contributed by atoms with van der Waals surface area (Å²) in [5.41, 5.74) is 0. The van der Waals surface area contributed by atoms with Crippen LogP contribution in [0.3, 0.4) is 0 Å². The summed E-state index contributed by atoms with van der Waals surface area (Å²) in [6.07, 6.45) is 2.77. The highest BCUT2D eigenvalue weighted by molar-refractivity contribution is 8.24. The first-order valence-corrected chi connectivity index (χ1v) is 3.66. The predicted octanol–water partition coefficient (Wildman–Crippen LogP) is 1.03. The summed E-state index contributed by atoms with van der Waals surface area (Å²) >= 11 is 1.86. The lowest BCUT2D eigenvalue weighted by Crippen LogP contribution is -2.25. The minimum Gasteiger partial charge on any atom is -0.338 e. The summed E-state index contributed by atoms with van der Waals surface area (Å²) in [6.45, 7) is 2.19. The number of hydrogen-bond donors (Lipinski definition) is 0. The van der Waals surface area contributed by atoms with Gasteiger partial charge in [-0.3, -0.25) is 0 Å². The molecule has 0 fully saturated rings. The third kappa shape index (κ3) is 3.00. The van der Waals surface area contributed by atoms with Gasteiger partial charge in [0.05, 0.1) is 0 Å². The van der Waals surface area contributed by atoms with Crippen LogP contribution in [0.15, 0.2) is 0 Å². The van der Waals surface area contributed by atoms with Crippen LogP contribution in [0.5, 0.6) is 0 Å². The quantitative estimate of drug-likeness (QED) is 0.497. The molecule has 0 radical (unpaired) electrons. The molecule has 0 heterocycles. The zero-order valence-corrected chi connectivity index (χ0v) is 6.25. The zero-order chi connectivity index (χ0) is 5.86. The van der Waals surface area contributed by atoms with E-state index in [1.807, 2.05) is 11.6 Å². The molecule has 0 saturated heterocycles. The van der Waals surface area contributed by atoms with Crippen molar-refractivity contribution in [3.05, 3.63) is 0 Å². The average Bonchev–Trinajstić information content (AvgIpc) is 1.65. The van der Waals surface area contributed by atoms with Gasteiger partial charge < -0.3 is 4.81 Å². The fraction of sp³-hybridized carbons (Fsp3) is 1.00. The summed E-state index contributed by atoms with van der Waals surface area (Å²) in [7, 11) is 4.17. The van der Waals surface area contributed by atoms with E-state index >= 15 is 0 Å². The SMILES string of the molecule is CSB(C)N(C)C. The number of nitrogens with zero attached hydrogens (tertiary/aromatic N) is 1. The van der Waals surface area contributed by atoms with Crippen LogP contribution in [0, 0.1) is 0 Å². The Balaban J connectivity index is 3.14. The van der Waals surface area contributed by atoms with Crippen LogP contribution in [0.1, 0.15) is 0 Å². The summed E-state index contributed by atoms with van der Waals surface area (Å²) in [5.74, 6) is 0. The molecule has 0 aliphatic heterocycles. The van der Waals surface area contributed by atoms with E-state index in [9.17, 15) is 0 Å². The van der Waals surface area contributed by atoms with Crippen molar-refractivity contribution in [3.63, 3.8) is 0 Å². The maximum absolute atomic E-state index is 2.19. The van der Waals surface area contributed by atoms with Crippen LogP contribution in [0.25, 0.3) is 0 Å². The van der Waals surface area contributed by atoms with E-state index < -0.39 is 0 Å². The Morgan fingerprint density at radius 3 is 1.86 bits per heavy atom.